The van der Waals surface area contributed by atoms with Gasteiger partial charge in [-0.3, -0.25) is 19.2 Å². The van der Waals surface area contributed by atoms with Gasteiger partial charge < -0.3 is 0 Å². The van der Waals surface area contributed by atoms with Gasteiger partial charge in [0.15, 0.2) is 0 Å². The summed E-state index contributed by atoms with van der Waals surface area (Å²) in [6.07, 6.45) is -22.1. The molecule has 248 valence electrons. The Kier molecular flexibility index (Phi) is 6.80. The van der Waals surface area contributed by atoms with Crippen molar-refractivity contribution in [1.29, 1.82) is 0 Å². The van der Waals surface area contributed by atoms with Crippen LogP contribution in [0.15, 0.2) is 60.7 Å². The zero-order valence-electron chi connectivity index (χ0n) is 22.8. The van der Waals surface area contributed by atoms with Gasteiger partial charge in [-0.2, -0.15) is 52.7 Å². The van der Waals surface area contributed by atoms with Crippen LogP contribution in [0.2, 0.25) is 0 Å². The van der Waals surface area contributed by atoms with E-state index in [1.54, 1.807) is 0 Å². The first kappa shape index (κ1) is 32.5. The molecule has 0 atom stereocenters. The average molecular weight is 690 g/mol. The molecule has 0 unspecified atom stereocenters. The van der Waals surface area contributed by atoms with Crippen LogP contribution in [0.5, 0.6) is 0 Å². The summed E-state index contributed by atoms with van der Waals surface area (Å²) in [5, 5.41) is -0.743. The third-order valence-corrected chi connectivity index (χ3v) is 7.64. The lowest BCUT2D eigenvalue weighted by molar-refractivity contribution is -0.162. The molecule has 6 rings (SSSR count). The first-order valence-electron chi connectivity index (χ1n) is 13.0. The van der Waals surface area contributed by atoms with Gasteiger partial charge in [-0.15, -0.1) is 0 Å². The number of carbonyl (C=O) groups is 4. The summed E-state index contributed by atoms with van der Waals surface area (Å²) in [4.78, 5) is 54.3. The fourth-order valence-corrected chi connectivity index (χ4v) is 5.65. The van der Waals surface area contributed by atoms with E-state index in [1.165, 1.54) is 0 Å². The zero-order valence-corrected chi connectivity index (χ0v) is 22.8. The average Bonchev–Trinajstić information content (AvgIpc) is 2.97. The summed E-state index contributed by atoms with van der Waals surface area (Å²) in [5.74, 6) is -5.43. The van der Waals surface area contributed by atoms with Gasteiger partial charge in [0.05, 0.1) is 33.6 Å². The highest BCUT2D eigenvalue weighted by Crippen LogP contribution is 2.46. The minimum atomic E-state index is -5.57. The molecule has 2 aliphatic heterocycles. The lowest BCUT2D eigenvalue weighted by atomic mass is 9.85. The summed E-state index contributed by atoms with van der Waals surface area (Å²) in [6, 6.07) is 4.47. The van der Waals surface area contributed by atoms with Gasteiger partial charge in [0.25, 0.3) is 23.6 Å². The fourth-order valence-electron chi connectivity index (χ4n) is 5.65. The number of hydrogen-bond acceptors (Lipinski definition) is 4. The maximum atomic E-state index is 13.6. The number of nitrogens with zero attached hydrogens (tertiary/aromatic N) is 2. The first-order chi connectivity index (χ1) is 22.0. The first-order valence-corrected chi connectivity index (χ1v) is 13.0. The lowest BCUT2D eigenvalue weighted by Crippen LogP contribution is -2.43. The molecule has 6 nitrogen and oxygen atoms in total. The molecule has 0 bridgehead atoms. The third kappa shape index (κ3) is 4.84. The van der Waals surface area contributed by atoms with Crippen LogP contribution in [-0.4, -0.2) is 23.6 Å². The number of imide groups is 2. The normalized spacial score (nSPS) is 15.6. The molecule has 0 N–H and O–H groups in total. The summed E-state index contributed by atoms with van der Waals surface area (Å²) in [5.41, 5.74) is -12.3. The summed E-state index contributed by atoms with van der Waals surface area (Å²) in [7, 11) is 0. The van der Waals surface area contributed by atoms with E-state index < -0.39 is 104 Å². The number of hydrogen-bond donors (Lipinski definition) is 0. The van der Waals surface area contributed by atoms with E-state index in [0.717, 1.165) is 24.3 Å². The Morgan fingerprint density at radius 2 is 0.604 bits per heavy atom. The number of alkyl halides is 12. The molecular formula is C30H10F12N2O4. The predicted molar refractivity (Wildman–Crippen MR) is 139 cm³/mol. The molecule has 2 aliphatic rings. The van der Waals surface area contributed by atoms with Crippen LogP contribution in [0, 0.1) is 0 Å². The maximum Gasteiger partial charge on any atom is 0.417 e. The number of carbonyl (C=O) groups excluding carboxylic acids is 4. The van der Waals surface area contributed by atoms with Crippen molar-refractivity contribution in [3.05, 3.63) is 105 Å². The van der Waals surface area contributed by atoms with Crippen molar-refractivity contribution in [2.24, 2.45) is 0 Å². The summed E-state index contributed by atoms with van der Waals surface area (Å²) < 4.78 is 161. The number of halogens is 12. The summed E-state index contributed by atoms with van der Waals surface area (Å²) in [6.45, 7) is 0. The second-order valence-corrected chi connectivity index (χ2v) is 10.4. The van der Waals surface area contributed by atoms with Crippen LogP contribution in [0.25, 0.3) is 10.8 Å². The second kappa shape index (κ2) is 10.0. The van der Waals surface area contributed by atoms with Crippen molar-refractivity contribution in [1.82, 2.24) is 0 Å². The van der Waals surface area contributed by atoms with Crippen LogP contribution >= 0.6 is 0 Å². The molecular weight excluding hydrogens is 680 g/mol. The van der Waals surface area contributed by atoms with Crippen molar-refractivity contribution in [3.8, 4) is 0 Å². The molecule has 0 aromatic heterocycles. The molecule has 4 aromatic rings. The van der Waals surface area contributed by atoms with Crippen LogP contribution < -0.4 is 9.80 Å². The second-order valence-electron chi connectivity index (χ2n) is 10.4. The van der Waals surface area contributed by atoms with Crippen molar-refractivity contribution in [2.45, 2.75) is 24.7 Å². The van der Waals surface area contributed by atoms with E-state index in [4.69, 9.17) is 0 Å². The van der Waals surface area contributed by atoms with Gasteiger partial charge in [0, 0.05) is 33.0 Å². The molecule has 4 aromatic carbocycles. The molecule has 0 spiro atoms. The monoisotopic (exact) mass is 690 g/mol. The van der Waals surface area contributed by atoms with Crippen LogP contribution in [-0.2, 0) is 24.7 Å². The third-order valence-electron chi connectivity index (χ3n) is 7.64. The highest BCUT2D eigenvalue weighted by Gasteiger charge is 2.47. The quantitative estimate of drug-likeness (QED) is 0.156. The Morgan fingerprint density at radius 3 is 0.833 bits per heavy atom. The Balaban J connectivity index is 1.48. The zero-order chi connectivity index (χ0) is 35.5. The highest BCUT2D eigenvalue weighted by atomic mass is 19.4. The van der Waals surface area contributed by atoms with Crippen molar-refractivity contribution in [3.63, 3.8) is 0 Å². The lowest BCUT2D eigenvalue weighted by Gasteiger charge is -2.32. The molecule has 0 saturated heterocycles. The Labute approximate surface area is 257 Å². The smallest absolute Gasteiger partial charge is 0.268 e. The van der Waals surface area contributed by atoms with Gasteiger partial charge in [0.1, 0.15) is 0 Å². The standard InChI is InChI=1S/C30H10F12N2O4/c31-27(32,33)17-7-1-11(9-19(17)29(37,38)39)43-23(45)13-3-5-15-22-16(6-4-14(21(13)22)24(43)46)26(48)44(25(15)47)12-2-8-18(28(34,35)36)20(10-12)30(40,41)42/h1-10H. The molecule has 0 saturated carbocycles. The van der Waals surface area contributed by atoms with E-state index >= 15 is 0 Å². The predicted octanol–water partition coefficient (Wildman–Crippen LogP) is 8.52. The minimum Gasteiger partial charge on any atom is -0.268 e. The van der Waals surface area contributed by atoms with Crippen molar-refractivity contribution in [2.75, 3.05) is 9.80 Å². The van der Waals surface area contributed by atoms with E-state index in [0.29, 0.717) is 12.1 Å². The van der Waals surface area contributed by atoms with Crippen molar-refractivity contribution < 1.29 is 71.9 Å². The Hall–Kier alpha value is -5.42. The molecule has 2 heterocycles. The van der Waals surface area contributed by atoms with Gasteiger partial charge >= 0.3 is 24.7 Å². The molecule has 4 amide bonds. The topological polar surface area (TPSA) is 74.8 Å². The minimum absolute atomic E-state index is 0.0335. The molecule has 0 fully saturated rings. The summed E-state index contributed by atoms with van der Waals surface area (Å²) >= 11 is 0. The van der Waals surface area contributed by atoms with E-state index in [2.05, 4.69) is 0 Å². The van der Waals surface area contributed by atoms with Crippen molar-refractivity contribution >= 4 is 45.8 Å². The number of amides is 4. The van der Waals surface area contributed by atoms with Gasteiger partial charge in [0.2, 0.25) is 0 Å². The van der Waals surface area contributed by atoms with Crippen LogP contribution in [0.3, 0.4) is 0 Å². The van der Waals surface area contributed by atoms with Crippen LogP contribution in [0.4, 0.5) is 64.1 Å². The van der Waals surface area contributed by atoms with E-state index in [-0.39, 0.29) is 44.8 Å². The Morgan fingerprint density at radius 1 is 0.354 bits per heavy atom. The highest BCUT2D eigenvalue weighted by molar-refractivity contribution is 6.42. The maximum absolute atomic E-state index is 13.6. The van der Waals surface area contributed by atoms with Gasteiger partial charge in [-0.25, -0.2) is 9.80 Å². The molecule has 0 aliphatic carbocycles. The fraction of sp³-hybridized carbons (Fsp3) is 0.133. The van der Waals surface area contributed by atoms with Gasteiger partial charge in [-0.1, -0.05) is 0 Å². The van der Waals surface area contributed by atoms with E-state index in [1.807, 2.05) is 0 Å². The van der Waals surface area contributed by atoms with Crippen LogP contribution in [0.1, 0.15) is 63.7 Å². The Bertz CT molecular complexity index is 1910. The van der Waals surface area contributed by atoms with E-state index in [9.17, 15) is 71.9 Å². The van der Waals surface area contributed by atoms with Gasteiger partial charge in [-0.05, 0) is 60.7 Å². The largest absolute Gasteiger partial charge is 0.417 e. The number of benzene rings is 4. The number of anilines is 2. The molecule has 48 heavy (non-hydrogen) atoms. The molecule has 18 heteroatoms. The number of rotatable bonds is 2. The SMILES string of the molecule is O=C1c2ccc3c4c(ccc(c24)C(=O)N1c1ccc(C(F)(F)F)c(C(F)(F)F)c1)C(=O)N(c1ccc(C(F)(F)F)c(C(F)(F)F)c1)C3=O. The molecule has 0 radical (unpaired) electrons.